The molecular weight excluding hydrogens is 480 g/mol. The molecule has 3 heterocycles. The minimum absolute atomic E-state index is 0.00422. The molecule has 2 amide bonds. The van der Waals surface area contributed by atoms with Crippen LogP contribution in [0.25, 0.3) is 11.1 Å². The van der Waals surface area contributed by atoms with E-state index in [2.05, 4.69) is 33.7 Å². The van der Waals surface area contributed by atoms with Gasteiger partial charge >= 0.3 is 6.09 Å². The molecule has 4 rings (SSSR count). The largest absolute Gasteiger partial charge is 0.465 e. The maximum atomic E-state index is 12.5. The zero-order valence-electron chi connectivity index (χ0n) is 23.0. The average molecular weight is 519 g/mol. The van der Waals surface area contributed by atoms with Crippen molar-refractivity contribution in [3.63, 3.8) is 0 Å². The van der Waals surface area contributed by atoms with Crippen molar-refractivity contribution in [2.45, 2.75) is 79.1 Å². The molecule has 1 aromatic carbocycles. The van der Waals surface area contributed by atoms with Crippen LogP contribution >= 0.6 is 0 Å². The van der Waals surface area contributed by atoms with Crippen LogP contribution in [0.1, 0.15) is 64.6 Å². The van der Waals surface area contributed by atoms with Crippen LogP contribution in [0.15, 0.2) is 48.9 Å². The van der Waals surface area contributed by atoms with Gasteiger partial charge in [0.1, 0.15) is 5.82 Å². The first-order valence-corrected chi connectivity index (χ1v) is 13.1. The minimum atomic E-state index is -1.02. The van der Waals surface area contributed by atoms with Crippen LogP contribution in [-0.4, -0.2) is 44.0 Å². The highest BCUT2D eigenvalue weighted by Gasteiger charge is 2.33. The first-order chi connectivity index (χ1) is 17.9. The molecule has 0 bridgehead atoms. The predicted octanol–water partition coefficient (Wildman–Crippen LogP) is 5.62. The van der Waals surface area contributed by atoms with Crippen molar-refractivity contribution in [3.05, 3.63) is 60.0 Å². The summed E-state index contributed by atoms with van der Waals surface area (Å²) in [6.07, 6.45) is 6.03. The van der Waals surface area contributed by atoms with Gasteiger partial charge in [0.25, 0.3) is 0 Å². The second kappa shape index (κ2) is 10.8. The normalized spacial score (nSPS) is 18.0. The third-order valence-electron chi connectivity index (χ3n) is 7.21. The predicted molar refractivity (Wildman–Crippen MR) is 149 cm³/mol. The number of amides is 2. The van der Waals surface area contributed by atoms with Gasteiger partial charge in [-0.2, -0.15) is 5.10 Å². The summed E-state index contributed by atoms with van der Waals surface area (Å²) in [5.74, 6) is 0.825. The molecule has 1 aliphatic heterocycles. The number of pyridine rings is 1. The molecule has 2 aromatic heterocycles. The lowest BCUT2D eigenvalue weighted by Gasteiger charge is -2.39. The monoisotopic (exact) mass is 518 g/mol. The fourth-order valence-electron chi connectivity index (χ4n) is 5.16. The van der Waals surface area contributed by atoms with Gasteiger partial charge in [-0.15, -0.1) is 0 Å². The van der Waals surface area contributed by atoms with Gasteiger partial charge in [-0.3, -0.25) is 9.48 Å². The van der Waals surface area contributed by atoms with Crippen LogP contribution < -0.4 is 15.5 Å². The van der Waals surface area contributed by atoms with E-state index in [1.54, 1.807) is 6.92 Å². The number of rotatable bonds is 7. The van der Waals surface area contributed by atoms with Crippen molar-refractivity contribution < 1.29 is 14.7 Å². The van der Waals surface area contributed by atoms with Crippen molar-refractivity contribution >= 4 is 23.5 Å². The van der Waals surface area contributed by atoms with Crippen LogP contribution in [0.3, 0.4) is 0 Å². The summed E-state index contributed by atoms with van der Waals surface area (Å²) in [5, 5.41) is 20.0. The average Bonchev–Trinajstić information content (AvgIpc) is 3.31. The van der Waals surface area contributed by atoms with Crippen LogP contribution in [-0.2, 0) is 11.3 Å². The van der Waals surface area contributed by atoms with E-state index in [9.17, 15) is 14.7 Å². The number of carbonyl (C=O) groups excluding carboxylic acids is 1. The second-order valence-corrected chi connectivity index (χ2v) is 11.3. The fraction of sp³-hybridized carbons (Fsp3) is 0.448. The third-order valence-corrected chi connectivity index (χ3v) is 7.21. The van der Waals surface area contributed by atoms with Crippen molar-refractivity contribution in [1.29, 1.82) is 0 Å². The zero-order valence-corrected chi connectivity index (χ0v) is 23.0. The highest BCUT2D eigenvalue weighted by atomic mass is 16.4. The molecule has 202 valence electrons. The zero-order chi connectivity index (χ0) is 27.6. The molecular formula is C29H38N6O3. The highest BCUT2D eigenvalue weighted by Crippen LogP contribution is 2.41. The molecule has 1 unspecified atom stereocenters. The van der Waals surface area contributed by atoms with Gasteiger partial charge in [-0.1, -0.05) is 32.9 Å². The number of hydrogen-bond donors (Lipinski definition) is 3. The van der Waals surface area contributed by atoms with E-state index < -0.39 is 6.09 Å². The van der Waals surface area contributed by atoms with Crippen molar-refractivity contribution in [2.75, 3.05) is 10.2 Å². The molecule has 0 fully saturated rings. The lowest BCUT2D eigenvalue weighted by molar-refractivity contribution is -0.117. The van der Waals surface area contributed by atoms with Crippen LogP contribution in [0.4, 0.5) is 16.3 Å². The van der Waals surface area contributed by atoms with Gasteiger partial charge in [0, 0.05) is 49.2 Å². The summed E-state index contributed by atoms with van der Waals surface area (Å²) >= 11 is 0. The van der Waals surface area contributed by atoms with E-state index in [1.165, 1.54) is 0 Å². The number of nitrogens with one attached hydrogen (secondary N) is 2. The van der Waals surface area contributed by atoms with Gasteiger partial charge in [0.05, 0.1) is 12.2 Å². The number of hydrogen-bond acceptors (Lipinski definition) is 5. The lowest BCUT2D eigenvalue weighted by atomic mass is 9.85. The smallest absolute Gasteiger partial charge is 0.404 e. The molecule has 0 aliphatic carbocycles. The molecule has 1 aliphatic rings. The Labute approximate surface area is 224 Å². The molecule has 3 N–H and O–H groups in total. The third kappa shape index (κ3) is 6.15. The summed E-state index contributed by atoms with van der Waals surface area (Å²) in [6, 6.07) is 10.0. The molecule has 9 heteroatoms. The Kier molecular flexibility index (Phi) is 7.76. The molecule has 0 spiro atoms. The number of carbonyl (C=O) groups is 2. The van der Waals surface area contributed by atoms with Gasteiger partial charge < -0.3 is 20.6 Å². The first kappa shape index (κ1) is 27.2. The van der Waals surface area contributed by atoms with Crippen LogP contribution in [0.2, 0.25) is 0 Å². The second-order valence-electron chi connectivity index (χ2n) is 11.3. The Bertz CT molecular complexity index is 1290. The van der Waals surface area contributed by atoms with Gasteiger partial charge in [0.2, 0.25) is 5.91 Å². The van der Waals surface area contributed by atoms with E-state index >= 15 is 0 Å². The summed E-state index contributed by atoms with van der Waals surface area (Å²) in [6.45, 7) is 12.4. The molecule has 9 nitrogen and oxygen atoms in total. The highest BCUT2D eigenvalue weighted by molar-refractivity contribution is 5.94. The van der Waals surface area contributed by atoms with Gasteiger partial charge in [-0.25, -0.2) is 9.78 Å². The number of carboxylic acid groups (broad SMARTS) is 1. The Hall–Kier alpha value is -3.88. The quantitative estimate of drug-likeness (QED) is 0.374. The molecule has 0 saturated heterocycles. The molecule has 0 saturated carbocycles. The molecule has 38 heavy (non-hydrogen) atoms. The maximum Gasteiger partial charge on any atom is 0.404 e. The number of fused-ring (bicyclic) bond motifs is 1. The number of nitrogens with zero attached hydrogens (tertiary/aromatic N) is 4. The summed E-state index contributed by atoms with van der Waals surface area (Å²) in [7, 11) is 0. The van der Waals surface area contributed by atoms with Crippen LogP contribution in [0.5, 0.6) is 0 Å². The molecule has 3 atom stereocenters. The molecule has 3 aromatic rings. The maximum absolute atomic E-state index is 12.5. The van der Waals surface area contributed by atoms with E-state index in [0.717, 1.165) is 40.2 Å². The summed E-state index contributed by atoms with van der Waals surface area (Å²) < 4.78 is 1.85. The number of benzene rings is 1. The summed E-state index contributed by atoms with van der Waals surface area (Å²) in [4.78, 5) is 30.2. The Morgan fingerprint density at radius 1 is 1.16 bits per heavy atom. The van der Waals surface area contributed by atoms with E-state index in [0.29, 0.717) is 13.0 Å². The van der Waals surface area contributed by atoms with Gasteiger partial charge in [0.15, 0.2) is 0 Å². The SMILES string of the molecule is CC(=O)N1c2ccc(-c3cnn(CCC(NC(=O)O)C(C)(C)C)c3)cc2[C@H](Nc2ccc(C)cn2)C[C@@H]1C. The number of aromatic nitrogens is 3. The van der Waals surface area contributed by atoms with Crippen molar-refractivity contribution in [1.82, 2.24) is 20.1 Å². The standard InChI is InChI=1S/C29H38N6O3/c1-18-7-10-27(30-15-18)32-24-13-19(2)35(20(3)36)25-9-8-21(14-23(24)25)22-16-31-34(17-22)12-11-26(29(4,5)6)33-28(37)38/h7-10,14-17,19,24,26,33H,11-13H2,1-6H3,(H,30,32)(H,37,38)/t19-,24+,26?/m0/s1. The fourth-order valence-corrected chi connectivity index (χ4v) is 5.16. The Morgan fingerprint density at radius 3 is 2.55 bits per heavy atom. The van der Waals surface area contributed by atoms with E-state index in [4.69, 9.17) is 0 Å². The lowest BCUT2D eigenvalue weighted by Crippen LogP contribution is -2.43. The van der Waals surface area contributed by atoms with E-state index in [1.807, 2.05) is 80.1 Å². The Morgan fingerprint density at radius 2 is 1.92 bits per heavy atom. The van der Waals surface area contributed by atoms with Crippen LogP contribution in [0, 0.1) is 12.3 Å². The van der Waals surface area contributed by atoms with Crippen molar-refractivity contribution in [2.24, 2.45) is 5.41 Å². The summed E-state index contributed by atoms with van der Waals surface area (Å²) in [5.41, 5.74) is 4.82. The molecule has 0 radical (unpaired) electrons. The Balaban J connectivity index is 1.60. The first-order valence-electron chi connectivity index (χ1n) is 13.1. The minimum Gasteiger partial charge on any atom is -0.465 e. The van der Waals surface area contributed by atoms with E-state index in [-0.39, 0.29) is 29.4 Å². The number of anilines is 2. The van der Waals surface area contributed by atoms with Gasteiger partial charge in [-0.05, 0) is 67.0 Å². The topological polar surface area (TPSA) is 112 Å². The van der Waals surface area contributed by atoms with Crippen molar-refractivity contribution in [3.8, 4) is 11.1 Å². The number of aryl methyl sites for hydroxylation is 2.